The normalized spacial score (nSPS) is 57.8. The third kappa shape index (κ3) is 1.73. The molecule has 0 bridgehead atoms. The van der Waals surface area contributed by atoms with Gasteiger partial charge in [-0.15, -0.1) is 0 Å². The third-order valence-corrected chi connectivity index (χ3v) is 7.96. The van der Waals surface area contributed by atoms with Crippen LogP contribution in [0.15, 0.2) is 11.6 Å². The average molecular weight is 288 g/mol. The van der Waals surface area contributed by atoms with Crippen molar-refractivity contribution in [1.82, 2.24) is 0 Å². The lowest BCUT2D eigenvalue weighted by Crippen LogP contribution is -2.38. The van der Waals surface area contributed by atoms with E-state index < -0.39 is 0 Å². The second kappa shape index (κ2) is 4.16. The average Bonchev–Trinajstić information content (AvgIpc) is 2.69. The molecule has 0 aromatic carbocycles. The van der Waals surface area contributed by atoms with Crippen LogP contribution in [0.5, 0.6) is 0 Å². The number of allylic oxidation sites excluding steroid dienone is 1. The summed E-state index contributed by atoms with van der Waals surface area (Å²) in [5.41, 5.74) is 2.54. The zero-order valence-corrected chi connectivity index (χ0v) is 14.5. The Bertz CT molecular complexity index is 492. The first-order valence-corrected chi connectivity index (χ1v) is 9.18. The van der Waals surface area contributed by atoms with Gasteiger partial charge < -0.3 is 4.74 Å². The summed E-state index contributed by atoms with van der Waals surface area (Å²) in [6.45, 7) is 12.2. The molecule has 118 valence electrons. The van der Waals surface area contributed by atoms with Crippen LogP contribution < -0.4 is 0 Å². The summed E-state index contributed by atoms with van der Waals surface area (Å²) in [4.78, 5) is 0. The van der Waals surface area contributed by atoms with Gasteiger partial charge in [0, 0.05) is 5.92 Å². The monoisotopic (exact) mass is 288 g/mol. The second-order valence-electron chi connectivity index (χ2n) is 9.38. The predicted molar refractivity (Wildman–Crippen MR) is 87.1 cm³/mol. The fourth-order valence-corrected chi connectivity index (χ4v) is 6.60. The van der Waals surface area contributed by atoms with Gasteiger partial charge in [-0.1, -0.05) is 32.4 Å². The third-order valence-electron chi connectivity index (χ3n) is 7.96. The van der Waals surface area contributed by atoms with Crippen molar-refractivity contribution in [3.63, 3.8) is 0 Å². The number of ether oxygens (including phenoxy) is 1. The molecule has 4 rings (SSSR count). The lowest BCUT2D eigenvalue weighted by molar-refractivity contribution is 0.0821. The Balaban J connectivity index is 1.73. The maximum absolute atomic E-state index is 6.47. The molecule has 1 nitrogen and oxygen atoms in total. The Morgan fingerprint density at radius 1 is 1.19 bits per heavy atom. The fraction of sp³-hybridized carbons (Fsp3) is 0.900. The minimum Gasteiger partial charge on any atom is -0.362 e. The molecule has 3 aliphatic carbocycles. The van der Waals surface area contributed by atoms with Crippen LogP contribution in [0.25, 0.3) is 0 Å². The first-order valence-electron chi connectivity index (χ1n) is 9.18. The van der Waals surface area contributed by atoms with Crippen LogP contribution in [0.3, 0.4) is 0 Å². The molecule has 1 saturated heterocycles. The van der Waals surface area contributed by atoms with Crippen molar-refractivity contribution in [2.24, 2.45) is 29.1 Å². The summed E-state index contributed by atoms with van der Waals surface area (Å²) >= 11 is 0. The van der Waals surface area contributed by atoms with Crippen LogP contribution >= 0.6 is 0 Å². The molecule has 0 radical (unpaired) electrons. The van der Waals surface area contributed by atoms with Gasteiger partial charge in [0.2, 0.25) is 0 Å². The number of hydrogen-bond donors (Lipinski definition) is 0. The highest BCUT2D eigenvalue weighted by atomic mass is 16.6. The van der Waals surface area contributed by atoms with Crippen molar-refractivity contribution >= 4 is 0 Å². The number of fused-ring (bicyclic) bond motifs is 1. The molecule has 2 saturated carbocycles. The molecular weight excluding hydrogens is 256 g/mol. The molecule has 3 fully saturated rings. The molecule has 0 amide bonds. The largest absolute Gasteiger partial charge is 0.362 e. The van der Waals surface area contributed by atoms with Crippen LogP contribution in [-0.4, -0.2) is 11.2 Å². The quantitative estimate of drug-likeness (QED) is 0.468. The molecular formula is C20H32O. The molecule has 2 unspecified atom stereocenters. The number of hydrogen-bond acceptors (Lipinski definition) is 1. The summed E-state index contributed by atoms with van der Waals surface area (Å²) in [6.07, 6.45) is 10.7. The van der Waals surface area contributed by atoms with Gasteiger partial charge in [0.05, 0.1) is 5.60 Å². The van der Waals surface area contributed by atoms with E-state index in [1.165, 1.54) is 38.5 Å². The van der Waals surface area contributed by atoms with Gasteiger partial charge in [0.15, 0.2) is 0 Å². The Morgan fingerprint density at radius 2 is 1.95 bits per heavy atom. The van der Waals surface area contributed by atoms with Crippen LogP contribution in [0.2, 0.25) is 0 Å². The molecule has 1 aliphatic heterocycles. The zero-order chi connectivity index (χ0) is 15.0. The van der Waals surface area contributed by atoms with Gasteiger partial charge in [-0.25, -0.2) is 0 Å². The van der Waals surface area contributed by atoms with E-state index in [9.17, 15) is 0 Å². The Morgan fingerprint density at radius 3 is 2.62 bits per heavy atom. The Hall–Kier alpha value is -0.300. The standard InChI is InChI=1S/C20H32O/c1-13(2)15-8-10-18(4)12-20-16(9-11-19(20,5)21-20)14(3)6-7-17(15)18/h6,13,15-17H,7-12H2,1-5H3/b14-6-/t15-,16-,17+,18-,19?,20?/m0/s1. The van der Waals surface area contributed by atoms with Crippen molar-refractivity contribution in [2.75, 3.05) is 0 Å². The van der Waals surface area contributed by atoms with Crippen LogP contribution in [-0.2, 0) is 4.74 Å². The molecule has 4 aliphatic rings. The molecule has 0 aromatic rings. The highest BCUT2D eigenvalue weighted by Gasteiger charge is 2.75. The van der Waals surface area contributed by atoms with Gasteiger partial charge in [-0.3, -0.25) is 0 Å². The van der Waals surface area contributed by atoms with E-state index in [4.69, 9.17) is 4.74 Å². The van der Waals surface area contributed by atoms with Gasteiger partial charge in [-0.2, -0.15) is 0 Å². The van der Waals surface area contributed by atoms with Crippen molar-refractivity contribution in [3.05, 3.63) is 11.6 Å². The van der Waals surface area contributed by atoms with Gasteiger partial charge in [-0.05, 0) is 75.5 Å². The SMILES string of the molecule is C/C1=C/C[C@@H]2[C@H](C(C)C)CC[C@@]2(C)CC23OC2(C)CC[C@@H]13. The molecule has 1 spiro atoms. The van der Waals surface area contributed by atoms with E-state index in [0.29, 0.717) is 11.3 Å². The minimum atomic E-state index is 0.201. The first-order chi connectivity index (χ1) is 9.81. The van der Waals surface area contributed by atoms with Gasteiger partial charge in [0.1, 0.15) is 5.60 Å². The lowest BCUT2D eigenvalue weighted by Gasteiger charge is -2.40. The van der Waals surface area contributed by atoms with E-state index in [1.54, 1.807) is 5.57 Å². The van der Waals surface area contributed by atoms with E-state index >= 15 is 0 Å². The summed E-state index contributed by atoms with van der Waals surface area (Å²) < 4.78 is 6.47. The number of rotatable bonds is 1. The smallest absolute Gasteiger partial charge is 0.105 e. The van der Waals surface area contributed by atoms with Crippen LogP contribution in [0.4, 0.5) is 0 Å². The van der Waals surface area contributed by atoms with Crippen molar-refractivity contribution < 1.29 is 4.74 Å². The molecule has 0 aromatic heterocycles. The van der Waals surface area contributed by atoms with Crippen molar-refractivity contribution in [3.8, 4) is 0 Å². The summed E-state index contributed by atoms with van der Waals surface area (Å²) in [5, 5.41) is 0. The topological polar surface area (TPSA) is 12.5 Å². The second-order valence-corrected chi connectivity index (χ2v) is 9.38. The summed E-state index contributed by atoms with van der Waals surface area (Å²) in [6, 6.07) is 0. The van der Waals surface area contributed by atoms with Gasteiger partial charge >= 0.3 is 0 Å². The van der Waals surface area contributed by atoms with Gasteiger partial charge in [0.25, 0.3) is 0 Å². The fourth-order valence-electron chi connectivity index (χ4n) is 6.60. The maximum Gasteiger partial charge on any atom is 0.105 e. The van der Waals surface area contributed by atoms with E-state index in [-0.39, 0.29) is 11.2 Å². The molecule has 1 heterocycles. The molecule has 6 atom stereocenters. The van der Waals surface area contributed by atoms with Crippen LogP contribution in [0.1, 0.15) is 73.1 Å². The van der Waals surface area contributed by atoms with E-state index in [2.05, 4.69) is 40.7 Å². The zero-order valence-electron chi connectivity index (χ0n) is 14.5. The van der Waals surface area contributed by atoms with Crippen LogP contribution in [0, 0.1) is 29.1 Å². The van der Waals surface area contributed by atoms with Crippen molar-refractivity contribution in [1.29, 1.82) is 0 Å². The van der Waals surface area contributed by atoms with E-state index in [0.717, 1.165) is 17.8 Å². The lowest BCUT2D eigenvalue weighted by atomic mass is 9.63. The number of epoxide rings is 1. The highest BCUT2D eigenvalue weighted by molar-refractivity contribution is 5.31. The Labute approximate surface area is 130 Å². The Kier molecular flexibility index (Phi) is 2.83. The van der Waals surface area contributed by atoms with E-state index in [1.807, 2.05) is 0 Å². The van der Waals surface area contributed by atoms with Crippen molar-refractivity contribution in [2.45, 2.75) is 84.3 Å². The summed E-state index contributed by atoms with van der Waals surface area (Å²) in [7, 11) is 0. The summed E-state index contributed by atoms with van der Waals surface area (Å²) in [5.74, 6) is 3.32. The highest BCUT2D eigenvalue weighted by Crippen LogP contribution is 2.71. The molecule has 0 N–H and O–H groups in total. The molecule has 1 heteroatoms. The first kappa shape index (κ1) is 14.3. The maximum atomic E-state index is 6.47. The predicted octanol–water partition coefficient (Wildman–Crippen LogP) is 5.35. The molecule has 21 heavy (non-hydrogen) atoms. The minimum absolute atomic E-state index is 0.201.